The number of nitrogens with zero attached hydrogens (tertiary/aromatic N) is 2. The molecule has 0 aliphatic carbocycles. The van der Waals surface area contributed by atoms with Crippen LogP contribution >= 0.6 is 15.9 Å². The first-order valence-corrected chi connectivity index (χ1v) is 7.25. The van der Waals surface area contributed by atoms with Crippen molar-refractivity contribution in [2.75, 3.05) is 13.1 Å². The fourth-order valence-electron chi connectivity index (χ4n) is 2.49. The molecule has 1 aromatic rings. The van der Waals surface area contributed by atoms with Crippen molar-refractivity contribution < 1.29 is 0 Å². The summed E-state index contributed by atoms with van der Waals surface area (Å²) in [5.41, 5.74) is 1.58. The third kappa shape index (κ3) is 3.34. The van der Waals surface area contributed by atoms with Gasteiger partial charge in [0.15, 0.2) is 0 Å². The van der Waals surface area contributed by atoms with E-state index in [2.05, 4.69) is 52.0 Å². The monoisotopic (exact) mass is 306 g/mol. The highest BCUT2D eigenvalue weighted by Crippen LogP contribution is 2.34. The van der Waals surface area contributed by atoms with E-state index < -0.39 is 0 Å². The molecule has 0 amide bonds. The zero-order valence-electron chi connectivity index (χ0n) is 10.8. The third-order valence-corrected chi connectivity index (χ3v) is 4.69. The van der Waals surface area contributed by atoms with Gasteiger partial charge in [-0.1, -0.05) is 41.1 Å². The first-order valence-electron chi connectivity index (χ1n) is 6.46. The molecule has 1 aromatic carbocycles. The number of benzene rings is 1. The molecule has 0 atom stereocenters. The molecule has 0 bridgehead atoms. The SMILES string of the molecule is CC1(CC#N)CCN(Cc2ccccc2Br)CC1. The summed E-state index contributed by atoms with van der Waals surface area (Å²) in [7, 11) is 0. The van der Waals surface area contributed by atoms with Gasteiger partial charge in [0, 0.05) is 17.4 Å². The van der Waals surface area contributed by atoms with Crippen LogP contribution in [0.15, 0.2) is 28.7 Å². The number of halogens is 1. The number of piperidine rings is 1. The summed E-state index contributed by atoms with van der Waals surface area (Å²) in [4.78, 5) is 2.49. The minimum Gasteiger partial charge on any atom is -0.299 e. The van der Waals surface area contributed by atoms with E-state index in [1.165, 1.54) is 10.0 Å². The van der Waals surface area contributed by atoms with Gasteiger partial charge in [0.05, 0.1) is 6.07 Å². The molecule has 3 heteroatoms. The molecule has 18 heavy (non-hydrogen) atoms. The summed E-state index contributed by atoms with van der Waals surface area (Å²) in [6.07, 6.45) is 2.95. The van der Waals surface area contributed by atoms with Crippen molar-refractivity contribution in [2.24, 2.45) is 5.41 Å². The first-order chi connectivity index (χ1) is 8.63. The number of nitriles is 1. The molecule has 0 radical (unpaired) electrons. The van der Waals surface area contributed by atoms with Gasteiger partial charge in [0.1, 0.15) is 0 Å². The molecule has 2 nitrogen and oxygen atoms in total. The Morgan fingerprint density at radius 1 is 1.33 bits per heavy atom. The number of rotatable bonds is 3. The van der Waals surface area contributed by atoms with Crippen molar-refractivity contribution in [3.8, 4) is 6.07 Å². The third-order valence-electron chi connectivity index (χ3n) is 3.92. The van der Waals surface area contributed by atoms with Gasteiger partial charge < -0.3 is 0 Å². The lowest BCUT2D eigenvalue weighted by Gasteiger charge is -2.38. The highest BCUT2D eigenvalue weighted by molar-refractivity contribution is 9.10. The van der Waals surface area contributed by atoms with E-state index >= 15 is 0 Å². The van der Waals surface area contributed by atoms with E-state index in [4.69, 9.17) is 5.26 Å². The summed E-state index contributed by atoms with van der Waals surface area (Å²) in [6, 6.07) is 10.7. The predicted octanol–water partition coefficient (Wildman–Crippen LogP) is 3.96. The molecule has 2 rings (SSSR count). The van der Waals surface area contributed by atoms with Crippen LogP contribution in [0.3, 0.4) is 0 Å². The molecule has 0 aromatic heterocycles. The molecule has 0 N–H and O–H groups in total. The zero-order valence-corrected chi connectivity index (χ0v) is 12.4. The maximum Gasteiger partial charge on any atom is 0.0627 e. The van der Waals surface area contributed by atoms with Crippen molar-refractivity contribution in [1.29, 1.82) is 5.26 Å². The van der Waals surface area contributed by atoms with Crippen LogP contribution < -0.4 is 0 Å². The maximum atomic E-state index is 8.85. The normalized spacial score (nSPS) is 19.4. The average Bonchev–Trinajstić information content (AvgIpc) is 2.35. The summed E-state index contributed by atoms with van der Waals surface area (Å²) in [6.45, 7) is 5.44. The van der Waals surface area contributed by atoms with Crippen LogP contribution in [0, 0.1) is 16.7 Å². The Morgan fingerprint density at radius 2 is 2.00 bits per heavy atom. The Morgan fingerprint density at radius 3 is 2.61 bits per heavy atom. The van der Waals surface area contributed by atoms with Crippen LogP contribution in [0.2, 0.25) is 0 Å². The van der Waals surface area contributed by atoms with Crippen molar-refractivity contribution in [3.05, 3.63) is 34.3 Å². The van der Waals surface area contributed by atoms with Crippen molar-refractivity contribution in [2.45, 2.75) is 32.7 Å². The zero-order chi connectivity index (χ0) is 13.0. The Labute approximate surface area is 118 Å². The minimum absolute atomic E-state index is 0.235. The largest absolute Gasteiger partial charge is 0.299 e. The molecule has 0 spiro atoms. The van der Waals surface area contributed by atoms with Gasteiger partial charge in [-0.2, -0.15) is 5.26 Å². The standard InChI is InChI=1S/C15H19BrN2/c1-15(6-9-17)7-10-18(11-8-15)12-13-4-2-3-5-14(13)16/h2-5H,6-8,10-12H2,1H3. The number of hydrogen-bond donors (Lipinski definition) is 0. The fraction of sp³-hybridized carbons (Fsp3) is 0.533. The van der Waals surface area contributed by atoms with E-state index in [1.807, 2.05) is 6.07 Å². The molecule has 1 aliphatic heterocycles. The van der Waals surface area contributed by atoms with Crippen LogP contribution in [-0.2, 0) is 6.54 Å². The van der Waals surface area contributed by atoms with Crippen molar-refractivity contribution in [1.82, 2.24) is 4.90 Å². The molecular formula is C15H19BrN2. The van der Waals surface area contributed by atoms with Crippen molar-refractivity contribution in [3.63, 3.8) is 0 Å². The van der Waals surface area contributed by atoms with Gasteiger partial charge in [0.25, 0.3) is 0 Å². The van der Waals surface area contributed by atoms with Gasteiger partial charge >= 0.3 is 0 Å². The highest BCUT2D eigenvalue weighted by atomic mass is 79.9. The molecule has 0 saturated carbocycles. The second kappa shape index (κ2) is 5.86. The summed E-state index contributed by atoms with van der Waals surface area (Å²) < 4.78 is 1.19. The number of likely N-dealkylation sites (tertiary alicyclic amines) is 1. The van der Waals surface area contributed by atoms with Crippen LogP contribution in [0.5, 0.6) is 0 Å². The number of hydrogen-bond acceptors (Lipinski definition) is 2. The van der Waals surface area contributed by atoms with Gasteiger partial charge in [-0.3, -0.25) is 4.90 Å². The second-order valence-corrected chi connectivity index (χ2v) is 6.37. The van der Waals surface area contributed by atoms with E-state index in [1.54, 1.807) is 0 Å². The van der Waals surface area contributed by atoms with E-state index in [0.717, 1.165) is 32.5 Å². The smallest absolute Gasteiger partial charge is 0.0627 e. The minimum atomic E-state index is 0.235. The summed E-state index contributed by atoms with van der Waals surface area (Å²) >= 11 is 3.60. The lowest BCUT2D eigenvalue weighted by Crippen LogP contribution is -2.38. The lowest BCUT2D eigenvalue weighted by molar-refractivity contribution is 0.116. The second-order valence-electron chi connectivity index (χ2n) is 5.51. The molecule has 1 fully saturated rings. The Bertz CT molecular complexity index is 442. The Balaban J connectivity index is 1.92. The first kappa shape index (κ1) is 13.6. The molecule has 1 aliphatic rings. The topological polar surface area (TPSA) is 27.0 Å². The molecular weight excluding hydrogens is 288 g/mol. The van der Waals surface area contributed by atoms with Crippen LogP contribution in [0.4, 0.5) is 0 Å². The van der Waals surface area contributed by atoms with Gasteiger partial charge in [0.2, 0.25) is 0 Å². The lowest BCUT2D eigenvalue weighted by atomic mass is 9.78. The van der Waals surface area contributed by atoms with Crippen LogP contribution in [-0.4, -0.2) is 18.0 Å². The summed E-state index contributed by atoms with van der Waals surface area (Å²) in [5, 5.41) is 8.85. The van der Waals surface area contributed by atoms with Gasteiger partial charge in [-0.05, 0) is 43.0 Å². The molecule has 1 heterocycles. The molecule has 96 valence electrons. The van der Waals surface area contributed by atoms with E-state index in [9.17, 15) is 0 Å². The summed E-state index contributed by atoms with van der Waals surface area (Å²) in [5.74, 6) is 0. The van der Waals surface area contributed by atoms with Gasteiger partial charge in [-0.25, -0.2) is 0 Å². The quantitative estimate of drug-likeness (QED) is 0.845. The van der Waals surface area contributed by atoms with Crippen LogP contribution in [0.1, 0.15) is 31.7 Å². The molecule has 0 unspecified atom stereocenters. The fourth-order valence-corrected chi connectivity index (χ4v) is 2.90. The van der Waals surface area contributed by atoms with E-state index in [0.29, 0.717) is 6.42 Å². The van der Waals surface area contributed by atoms with Crippen LogP contribution in [0.25, 0.3) is 0 Å². The highest BCUT2D eigenvalue weighted by Gasteiger charge is 2.29. The predicted molar refractivity (Wildman–Crippen MR) is 77.0 cm³/mol. The van der Waals surface area contributed by atoms with Gasteiger partial charge in [-0.15, -0.1) is 0 Å². The van der Waals surface area contributed by atoms with E-state index in [-0.39, 0.29) is 5.41 Å². The Hall–Kier alpha value is -0.850. The maximum absolute atomic E-state index is 8.85. The average molecular weight is 307 g/mol. The Kier molecular flexibility index (Phi) is 4.42. The molecule has 1 saturated heterocycles. The van der Waals surface area contributed by atoms with Crippen molar-refractivity contribution >= 4 is 15.9 Å².